The third-order valence-corrected chi connectivity index (χ3v) is 7.19. The molecule has 2 aliphatic rings. The lowest BCUT2D eigenvalue weighted by molar-refractivity contribution is 0.102. The minimum Gasteiger partial charge on any atom is -0.378 e. The number of ether oxygens (including phenoxy) is 1. The molecule has 1 aromatic carbocycles. The van der Waals surface area contributed by atoms with Gasteiger partial charge >= 0.3 is 0 Å². The zero-order valence-corrected chi connectivity index (χ0v) is 22.5. The number of amides is 1. The van der Waals surface area contributed by atoms with Crippen molar-refractivity contribution >= 4 is 22.9 Å². The Kier molecular flexibility index (Phi) is 6.13. The summed E-state index contributed by atoms with van der Waals surface area (Å²) in [7, 11) is 0. The van der Waals surface area contributed by atoms with Gasteiger partial charge in [0, 0.05) is 30.8 Å². The average molecular weight is 536 g/mol. The first kappa shape index (κ1) is 25.4. The van der Waals surface area contributed by atoms with Crippen LogP contribution in [0.2, 0.25) is 0 Å². The van der Waals surface area contributed by atoms with Crippen molar-refractivity contribution in [2.24, 2.45) is 0 Å². The molecule has 0 atom stereocenters. The van der Waals surface area contributed by atoms with Gasteiger partial charge in [-0.1, -0.05) is 0 Å². The van der Waals surface area contributed by atoms with Gasteiger partial charge in [0.25, 0.3) is 5.91 Å². The Morgan fingerprint density at radius 2 is 1.87 bits per heavy atom. The number of aryl methyl sites for hydroxylation is 1. The van der Waals surface area contributed by atoms with E-state index in [1.807, 2.05) is 19.2 Å². The normalized spacial score (nSPS) is 16.2. The third kappa shape index (κ3) is 4.75. The average Bonchev–Trinajstić information content (AvgIpc) is 3.53. The fourth-order valence-corrected chi connectivity index (χ4v) is 4.91. The molecule has 0 unspecified atom stereocenters. The molecule has 1 saturated heterocycles. The van der Waals surface area contributed by atoms with Crippen LogP contribution in [0.4, 0.5) is 20.2 Å². The van der Waals surface area contributed by atoms with Crippen LogP contribution in [0, 0.1) is 18.7 Å². The van der Waals surface area contributed by atoms with Gasteiger partial charge in [0.2, 0.25) is 5.95 Å². The predicted molar refractivity (Wildman–Crippen MR) is 143 cm³/mol. The van der Waals surface area contributed by atoms with E-state index >= 15 is 4.39 Å². The maximum Gasteiger partial charge on any atom is 0.262 e. The molecule has 0 spiro atoms. The molecule has 6 rings (SSSR count). The summed E-state index contributed by atoms with van der Waals surface area (Å²) < 4.78 is 38.5. The van der Waals surface area contributed by atoms with Crippen LogP contribution >= 0.6 is 0 Å². The number of carbonyl (C=O) groups is 1. The van der Waals surface area contributed by atoms with E-state index in [2.05, 4.69) is 15.3 Å². The Bertz CT molecular complexity index is 1580. The van der Waals surface area contributed by atoms with Crippen LogP contribution in [0.25, 0.3) is 16.8 Å². The molecule has 3 aromatic heterocycles. The number of rotatable bonds is 5. The number of halogens is 2. The van der Waals surface area contributed by atoms with Crippen LogP contribution < -0.4 is 10.2 Å². The maximum absolute atomic E-state index is 15.1. The number of morpholine rings is 1. The Hall–Kier alpha value is -3.86. The maximum atomic E-state index is 15.1. The number of hydrogen-bond acceptors (Lipinski definition) is 6. The first-order valence-corrected chi connectivity index (χ1v) is 13.2. The zero-order chi connectivity index (χ0) is 27.5. The molecule has 0 radical (unpaired) electrons. The van der Waals surface area contributed by atoms with Crippen LogP contribution in [0.1, 0.15) is 61.3 Å². The second kappa shape index (κ2) is 9.41. The van der Waals surface area contributed by atoms with Gasteiger partial charge in [-0.15, -0.1) is 0 Å². The van der Waals surface area contributed by atoms with E-state index in [-0.39, 0.29) is 11.3 Å². The summed E-state index contributed by atoms with van der Waals surface area (Å²) in [5.74, 6) is -0.927. The Balaban J connectivity index is 1.39. The highest BCUT2D eigenvalue weighted by Crippen LogP contribution is 2.40. The molecule has 2 fully saturated rings. The molecule has 4 heterocycles. The van der Waals surface area contributed by atoms with Crippen molar-refractivity contribution in [3.8, 4) is 11.1 Å². The predicted octanol–water partition coefficient (Wildman–Crippen LogP) is 4.90. The summed E-state index contributed by atoms with van der Waals surface area (Å²) in [5, 5.41) is 11.3. The molecule has 1 N–H and O–H groups in total. The topological polar surface area (TPSA) is 89.6 Å². The van der Waals surface area contributed by atoms with E-state index in [0.29, 0.717) is 24.7 Å². The highest BCUT2D eigenvalue weighted by molar-refractivity contribution is 6.04. The molecule has 1 saturated carbocycles. The number of aromatic nitrogens is 5. The van der Waals surface area contributed by atoms with Gasteiger partial charge in [-0.05, 0) is 69.9 Å². The first-order valence-electron chi connectivity index (χ1n) is 13.2. The Morgan fingerprint density at radius 3 is 2.54 bits per heavy atom. The number of pyridine rings is 1. The number of hydrogen-bond donors (Lipinski definition) is 1. The van der Waals surface area contributed by atoms with Crippen LogP contribution in [0.5, 0.6) is 0 Å². The molecule has 1 aliphatic carbocycles. The number of nitrogens with one attached hydrogen (secondary N) is 1. The summed E-state index contributed by atoms with van der Waals surface area (Å²) >= 11 is 0. The van der Waals surface area contributed by atoms with Crippen molar-refractivity contribution in [2.45, 2.75) is 52.0 Å². The molecular weight excluding hydrogens is 504 g/mol. The number of carbonyl (C=O) groups excluding carboxylic acids is 1. The van der Waals surface area contributed by atoms with Gasteiger partial charge < -0.3 is 15.0 Å². The van der Waals surface area contributed by atoms with Gasteiger partial charge in [0.1, 0.15) is 11.4 Å². The van der Waals surface area contributed by atoms with Gasteiger partial charge in [0.15, 0.2) is 11.5 Å². The number of anilines is 2. The molecule has 9 nitrogen and oxygen atoms in total. The van der Waals surface area contributed by atoms with E-state index in [0.717, 1.165) is 65.1 Å². The van der Waals surface area contributed by atoms with Gasteiger partial charge in [-0.2, -0.15) is 14.6 Å². The first-order chi connectivity index (χ1) is 18.6. The van der Waals surface area contributed by atoms with E-state index in [1.165, 1.54) is 6.07 Å². The summed E-state index contributed by atoms with van der Waals surface area (Å²) in [5.41, 5.74) is 2.97. The molecule has 1 aliphatic heterocycles. The Labute approximate surface area is 224 Å². The van der Waals surface area contributed by atoms with Crippen molar-refractivity contribution in [3.05, 3.63) is 59.3 Å². The molecule has 0 bridgehead atoms. The van der Waals surface area contributed by atoms with Crippen molar-refractivity contribution in [1.29, 1.82) is 0 Å². The molecule has 4 aromatic rings. The second-order valence-corrected chi connectivity index (χ2v) is 11.3. The summed E-state index contributed by atoms with van der Waals surface area (Å²) in [6.07, 6.45) is 5.22. The van der Waals surface area contributed by atoms with E-state index in [1.54, 1.807) is 31.4 Å². The largest absolute Gasteiger partial charge is 0.378 e. The highest BCUT2D eigenvalue weighted by Gasteiger charge is 2.30. The van der Waals surface area contributed by atoms with E-state index < -0.39 is 23.2 Å². The minimum absolute atomic E-state index is 0.0474. The lowest BCUT2D eigenvalue weighted by atomic mass is 10.00. The van der Waals surface area contributed by atoms with Gasteiger partial charge in [-0.3, -0.25) is 4.79 Å². The standard InChI is InChI=1S/C28H31F2N7O2/c1-16-11-21(29)22(32-27(38)20-14-31-37(24(20)30)28(2,3)4)13-19(16)18-12-23(35-7-9-39-10-8-35)26-33-25(17-5-6-17)34-36(26)15-18/h11-15,17H,5-10H2,1-4H3,(H,32,38). The molecule has 204 valence electrons. The number of benzene rings is 1. The second-order valence-electron chi connectivity index (χ2n) is 11.3. The number of fused-ring (bicyclic) bond motifs is 1. The summed E-state index contributed by atoms with van der Waals surface area (Å²) in [6.45, 7) is 9.84. The van der Waals surface area contributed by atoms with Crippen molar-refractivity contribution < 1.29 is 18.3 Å². The zero-order valence-electron chi connectivity index (χ0n) is 22.5. The van der Waals surface area contributed by atoms with E-state index in [4.69, 9.17) is 14.8 Å². The smallest absolute Gasteiger partial charge is 0.262 e. The molecule has 39 heavy (non-hydrogen) atoms. The van der Waals surface area contributed by atoms with Gasteiger partial charge in [-0.25, -0.2) is 18.6 Å². The third-order valence-electron chi connectivity index (χ3n) is 7.19. The quantitative estimate of drug-likeness (QED) is 0.391. The van der Waals surface area contributed by atoms with E-state index in [9.17, 15) is 9.18 Å². The SMILES string of the molecule is Cc1cc(F)c(NC(=O)c2cnn(C(C)(C)C)c2F)cc1-c1cc(N2CCOCC2)c2nc(C3CC3)nn2c1. The fourth-order valence-electron chi connectivity index (χ4n) is 4.91. The van der Waals surface area contributed by atoms with Crippen LogP contribution in [0.15, 0.2) is 30.6 Å². The van der Waals surface area contributed by atoms with Crippen molar-refractivity contribution in [2.75, 3.05) is 36.5 Å². The van der Waals surface area contributed by atoms with Crippen molar-refractivity contribution in [1.82, 2.24) is 24.4 Å². The highest BCUT2D eigenvalue weighted by atomic mass is 19.1. The molecular formula is C28H31F2N7O2. The number of nitrogens with zero attached hydrogens (tertiary/aromatic N) is 6. The monoisotopic (exact) mass is 535 g/mol. The minimum atomic E-state index is -0.772. The van der Waals surface area contributed by atoms with Crippen LogP contribution in [-0.2, 0) is 10.3 Å². The lowest BCUT2D eigenvalue weighted by Crippen LogP contribution is -2.36. The van der Waals surface area contributed by atoms with Crippen LogP contribution in [0.3, 0.4) is 0 Å². The lowest BCUT2D eigenvalue weighted by Gasteiger charge is -2.29. The molecule has 11 heteroatoms. The Morgan fingerprint density at radius 1 is 1.13 bits per heavy atom. The van der Waals surface area contributed by atoms with Crippen molar-refractivity contribution in [3.63, 3.8) is 0 Å². The summed E-state index contributed by atoms with van der Waals surface area (Å²) in [6, 6.07) is 4.98. The van der Waals surface area contributed by atoms with Gasteiger partial charge in [0.05, 0.1) is 36.3 Å². The molecule has 1 amide bonds. The fraction of sp³-hybridized carbons (Fsp3) is 0.429. The van der Waals surface area contributed by atoms with Crippen LogP contribution in [-0.4, -0.2) is 56.6 Å². The summed E-state index contributed by atoms with van der Waals surface area (Å²) in [4.78, 5) is 20.0.